The van der Waals surface area contributed by atoms with Crippen LogP contribution in [0.1, 0.15) is 96.5 Å². The third-order valence-corrected chi connectivity index (χ3v) is 9.50. The van der Waals surface area contributed by atoms with E-state index in [4.69, 9.17) is 14.5 Å². The van der Waals surface area contributed by atoms with Gasteiger partial charge in [-0.2, -0.15) is 0 Å². The lowest BCUT2D eigenvalue weighted by molar-refractivity contribution is -0.139. The molecule has 8 nitrogen and oxygen atoms in total. The van der Waals surface area contributed by atoms with Gasteiger partial charge in [-0.05, 0) is 86.6 Å². The Kier molecular flexibility index (Phi) is 9.63. The Morgan fingerprint density at radius 2 is 1.76 bits per heavy atom. The Labute approximate surface area is 273 Å². The van der Waals surface area contributed by atoms with Crippen LogP contribution in [0.2, 0.25) is 0 Å². The second kappa shape index (κ2) is 13.5. The van der Waals surface area contributed by atoms with E-state index in [0.717, 1.165) is 40.2 Å². The number of methoxy groups -OCH3 is 1. The molecule has 0 fully saturated rings. The van der Waals surface area contributed by atoms with Gasteiger partial charge < -0.3 is 14.0 Å². The van der Waals surface area contributed by atoms with E-state index >= 15 is 0 Å². The van der Waals surface area contributed by atoms with E-state index in [9.17, 15) is 14.4 Å². The standard InChI is InChI=1S/C37H41N3O5S/c1-9-12-29-32(36(43)45-10-2)33(26-17-15-25(16-18-26)21(3)4)40-34(41)31(46-37(40)38-29)20-27-19-22(5)39(24(27)7)30-14-11-13-28(23(30)6)35(42)44-8/h11,13-21,33H,9-10,12H2,1-8H3/b31-20+/t33-/m0/s1. The van der Waals surface area contributed by atoms with E-state index in [1.807, 2.05) is 64.1 Å². The SMILES string of the molecule is CCCC1=C(C(=O)OCC)[C@H](c2ccc(C(C)C)cc2)n2c(s/c(=C/c3cc(C)n(-c4cccc(C(=O)OC)c4C)c3C)c2=O)=N1. The van der Waals surface area contributed by atoms with E-state index < -0.39 is 12.0 Å². The zero-order valence-electron chi connectivity index (χ0n) is 27.8. The van der Waals surface area contributed by atoms with E-state index in [0.29, 0.717) is 38.5 Å². The van der Waals surface area contributed by atoms with Crippen molar-refractivity contribution in [2.45, 2.75) is 73.3 Å². The van der Waals surface area contributed by atoms with Gasteiger partial charge in [-0.25, -0.2) is 14.6 Å². The maximum absolute atomic E-state index is 14.3. The van der Waals surface area contributed by atoms with Crippen LogP contribution in [0.4, 0.5) is 0 Å². The minimum Gasteiger partial charge on any atom is -0.465 e. The molecule has 46 heavy (non-hydrogen) atoms. The summed E-state index contributed by atoms with van der Waals surface area (Å²) < 4.78 is 14.8. The second-order valence-corrected chi connectivity index (χ2v) is 12.8. The van der Waals surface area contributed by atoms with Gasteiger partial charge in [0, 0.05) is 17.1 Å². The maximum atomic E-state index is 14.3. The molecule has 0 bridgehead atoms. The molecule has 2 aromatic heterocycles. The summed E-state index contributed by atoms with van der Waals surface area (Å²) >= 11 is 1.32. The molecular weight excluding hydrogens is 598 g/mol. The quantitative estimate of drug-likeness (QED) is 0.203. The van der Waals surface area contributed by atoms with Crippen LogP contribution in [-0.4, -0.2) is 34.8 Å². The van der Waals surface area contributed by atoms with Gasteiger partial charge in [0.15, 0.2) is 4.80 Å². The second-order valence-electron chi connectivity index (χ2n) is 11.8. The van der Waals surface area contributed by atoms with Gasteiger partial charge in [0.2, 0.25) is 0 Å². The summed E-state index contributed by atoms with van der Waals surface area (Å²) in [6.45, 7) is 14.2. The number of esters is 2. The Bertz CT molecular complexity index is 2030. The molecule has 0 unspecified atom stereocenters. The number of fused-ring (bicyclic) bond motifs is 1. The minimum absolute atomic E-state index is 0.215. The zero-order valence-corrected chi connectivity index (χ0v) is 28.6. The number of carbonyl (C=O) groups excluding carboxylic acids is 2. The number of rotatable bonds is 9. The average molecular weight is 640 g/mol. The lowest BCUT2D eigenvalue weighted by Gasteiger charge is -2.26. The molecule has 5 rings (SSSR count). The molecule has 0 spiro atoms. The van der Waals surface area contributed by atoms with Crippen LogP contribution in [0.3, 0.4) is 0 Å². The molecule has 3 heterocycles. The first-order chi connectivity index (χ1) is 22.0. The van der Waals surface area contributed by atoms with Crippen molar-refractivity contribution in [3.8, 4) is 5.69 Å². The Balaban J connectivity index is 1.71. The molecule has 0 saturated heterocycles. The summed E-state index contributed by atoms with van der Waals surface area (Å²) in [5, 5.41) is 0. The van der Waals surface area contributed by atoms with Crippen LogP contribution in [-0.2, 0) is 14.3 Å². The third-order valence-electron chi connectivity index (χ3n) is 8.52. The molecule has 0 amide bonds. The third kappa shape index (κ3) is 5.91. The summed E-state index contributed by atoms with van der Waals surface area (Å²) in [5.74, 6) is -0.492. The summed E-state index contributed by atoms with van der Waals surface area (Å²) in [6.07, 6.45) is 3.28. The highest BCUT2D eigenvalue weighted by Crippen LogP contribution is 2.33. The molecular formula is C37H41N3O5S. The molecule has 240 valence electrons. The van der Waals surface area contributed by atoms with E-state index in [1.165, 1.54) is 24.0 Å². The predicted octanol–water partition coefficient (Wildman–Crippen LogP) is 6.20. The molecule has 1 atom stereocenters. The van der Waals surface area contributed by atoms with Crippen molar-refractivity contribution in [2.75, 3.05) is 13.7 Å². The summed E-state index contributed by atoms with van der Waals surface area (Å²) in [5.41, 5.74) is 7.81. The number of nitrogens with zero attached hydrogens (tertiary/aromatic N) is 3. The first kappa shape index (κ1) is 32.9. The molecule has 2 aromatic carbocycles. The van der Waals surface area contributed by atoms with Gasteiger partial charge in [-0.15, -0.1) is 0 Å². The molecule has 9 heteroatoms. The number of allylic oxidation sites excluding steroid dienone is 1. The maximum Gasteiger partial charge on any atom is 0.338 e. The average Bonchev–Trinajstić information content (AvgIpc) is 3.49. The topological polar surface area (TPSA) is 91.9 Å². The minimum atomic E-state index is -0.656. The zero-order chi connectivity index (χ0) is 33.3. The number of aromatic nitrogens is 2. The summed E-state index contributed by atoms with van der Waals surface area (Å²) in [6, 6.07) is 15.1. The van der Waals surface area contributed by atoms with Crippen molar-refractivity contribution in [3.63, 3.8) is 0 Å². The van der Waals surface area contributed by atoms with Crippen molar-refractivity contribution in [1.29, 1.82) is 0 Å². The molecule has 1 aliphatic heterocycles. The largest absolute Gasteiger partial charge is 0.465 e. The van der Waals surface area contributed by atoms with Gasteiger partial charge in [-0.3, -0.25) is 9.36 Å². The molecule has 0 radical (unpaired) electrons. The van der Waals surface area contributed by atoms with Crippen LogP contribution < -0.4 is 14.9 Å². The normalized spacial score (nSPS) is 14.8. The molecule has 4 aromatic rings. The van der Waals surface area contributed by atoms with Gasteiger partial charge in [0.1, 0.15) is 0 Å². The highest BCUT2D eigenvalue weighted by atomic mass is 32.1. The van der Waals surface area contributed by atoms with E-state index in [1.54, 1.807) is 17.6 Å². The molecule has 1 aliphatic rings. The number of thiazole rings is 1. The fraction of sp³-hybridized carbons (Fsp3) is 0.351. The summed E-state index contributed by atoms with van der Waals surface area (Å²) in [7, 11) is 1.38. The van der Waals surface area contributed by atoms with Gasteiger partial charge in [0.05, 0.1) is 41.1 Å². The number of carbonyl (C=O) groups is 2. The van der Waals surface area contributed by atoms with Crippen LogP contribution >= 0.6 is 11.3 Å². The number of hydrogen-bond donors (Lipinski definition) is 0. The molecule has 0 N–H and O–H groups in total. The lowest BCUT2D eigenvalue weighted by Crippen LogP contribution is -2.40. The Morgan fingerprint density at radius 3 is 2.39 bits per heavy atom. The number of hydrogen-bond acceptors (Lipinski definition) is 7. The number of ether oxygens (including phenoxy) is 2. The first-order valence-electron chi connectivity index (χ1n) is 15.7. The van der Waals surface area contributed by atoms with Crippen molar-refractivity contribution in [1.82, 2.24) is 9.13 Å². The summed E-state index contributed by atoms with van der Waals surface area (Å²) in [4.78, 5) is 45.6. The lowest BCUT2D eigenvalue weighted by atomic mass is 9.92. The smallest absolute Gasteiger partial charge is 0.338 e. The van der Waals surface area contributed by atoms with Crippen molar-refractivity contribution < 1.29 is 19.1 Å². The fourth-order valence-corrected chi connectivity index (χ4v) is 7.15. The molecule has 0 aliphatic carbocycles. The fourth-order valence-electron chi connectivity index (χ4n) is 6.14. The Hall–Kier alpha value is -4.50. The number of aryl methyl sites for hydroxylation is 1. The van der Waals surface area contributed by atoms with Gasteiger partial charge in [0.25, 0.3) is 5.56 Å². The van der Waals surface area contributed by atoms with Crippen LogP contribution in [0, 0.1) is 20.8 Å². The monoisotopic (exact) mass is 639 g/mol. The highest BCUT2D eigenvalue weighted by Gasteiger charge is 2.34. The van der Waals surface area contributed by atoms with Crippen LogP contribution in [0.15, 0.2) is 69.6 Å². The first-order valence-corrected chi connectivity index (χ1v) is 16.5. The predicted molar refractivity (Wildman–Crippen MR) is 181 cm³/mol. The Morgan fingerprint density at radius 1 is 1.04 bits per heavy atom. The van der Waals surface area contributed by atoms with Crippen molar-refractivity contribution >= 4 is 29.4 Å². The highest BCUT2D eigenvalue weighted by molar-refractivity contribution is 7.07. The molecule has 0 saturated carbocycles. The van der Waals surface area contributed by atoms with Crippen LogP contribution in [0.25, 0.3) is 11.8 Å². The van der Waals surface area contributed by atoms with E-state index in [2.05, 4.69) is 30.5 Å². The van der Waals surface area contributed by atoms with E-state index in [-0.39, 0.29) is 18.1 Å². The van der Waals surface area contributed by atoms with Crippen molar-refractivity contribution in [2.24, 2.45) is 4.99 Å². The van der Waals surface area contributed by atoms with Gasteiger partial charge >= 0.3 is 11.9 Å². The van der Waals surface area contributed by atoms with Crippen molar-refractivity contribution in [3.05, 3.63) is 119 Å². The van der Waals surface area contributed by atoms with Gasteiger partial charge in [-0.1, -0.05) is 68.9 Å². The number of benzene rings is 2. The van der Waals surface area contributed by atoms with Crippen LogP contribution in [0.5, 0.6) is 0 Å².